The number of hydrogen-bond acceptors (Lipinski definition) is 6. The van der Waals surface area contributed by atoms with Crippen LogP contribution in [0.25, 0.3) is 5.78 Å². The van der Waals surface area contributed by atoms with E-state index in [0.29, 0.717) is 31.3 Å². The van der Waals surface area contributed by atoms with Crippen LogP contribution >= 0.6 is 0 Å². The molecule has 30 heavy (non-hydrogen) atoms. The van der Waals surface area contributed by atoms with Crippen LogP contribution in [0.15, 0.2) is 23.3 Å². The van der Waals surface area contributed by atoms with Crippen LogP contribution in [0.3, 0.4) is 0 Å². The molecule has 4 rings (SSSR count). The first-order valence-corrected chi connectivity index (χ1v) is 10.4. The highest BCUT2D eigenvalue weighted by Gasteiger charge is 2.27. The number of carbonyl (C=O) groups is 1. The van der Waals surface area contributed by atoms with E-state index < -0.39 is 0 Å². The second-order valence-electron chi connectivity index (χ2n) is 8.38. The maximum Gasteiger partial charge on any atom is 0.293 e. The van der Waals surface area contributed by atoms with Crippen LogP contribution in [0.4, 0.5) is 0 Å². The Bertz CT molecular complexity index is 1140. The van der Waals surface area contributed by atoms with Crippen LogP contribution in [-0.4, -0.2) is 53.0 Å². The van der Waals surface area contributed by atoms with Crippen molar-refractivity contribution in [2.45, 2.75) is 53.0 Å². The summed E-state index contributed by atoms with van der Waals surface area (Å²) in [6.07, 6.45) is 3.30. The molecule has 4 heterocycles. The maximum atomic E-state index is 12.9. The van der Waals surface area contributed by atoms with E-state index in [1.165, 1.54) is 0 Å². The molecule has 0 saturated carbocycles. The molecule has 0 unspecified atom stereocenters. The molecule has 0 aromatic carbocycles. The summed E-state index contributed by atoms with van der Waals surface area (Å²) in [6.45, 7) is 9.73. The fourth-order valence-electron chi connectivity index (χ4n) is 3.89. The van der Waals surface area contributed by atoms with Crippen LogP contribution in [0.1, 0.15) is 60.3 Å². The fourth-order valence-corrected chi connectivity index (χ4v) is 3.89. The van der Waals surface area contributed by atoms with Crippen molar-refractivity contribution in [1.82, 2.24) is 34.0 Å². The molecule has 0 bridgehead atoms. The van der Waals surface area contributed by atoms with Gasteiger partial charge in [0, 0.05) is 37.1 Å². The smallest absolute Gasteiger partial charge is 0.293 e. The number of aromatic nitrogens is 6. The number of rotatable bonds is 4. The number of fused-ring (bicyclic) bond motifs is 1. The van der Waals surface area contributed by atoms with Gasteiger partial charge in [0.1, 0.15) is 0 Å². The first-order valence-electron chi connectivity index (χ1n) is 10.4. The van der Waals surface area contributed by atoms with Crippen molar-refractivity contribution in [2.24, 2.45) is 5.92 Å². The Hall–Kier alpha value is -3.10. The third kappa shape index (κ3) is 3.96. The highest BCUT2D eigenvalue weighted by atomic mass is 16.2. The summed E-state index contributed by atoms with van der Waals surface area (Å²) in [5, 5.41) is 4.35. The van der Waals surface area contributed by atoms with Crippen LogP contribution in [0, 0.1) is 19.8 Å². The molecule has 0 N–H and O–H groups in total. The van der Waals surface area contributed by atoms with Gasteiger partial charge in [-0.2, -0.15) is 4.98 Å². The number of likely N-dealkylation sites (tertiary alicyclic amines) is 1. The standard InChI is InChI=1S/C21H27N7O2/c1-13(2)17-10-18(29)27(12-22-17)11-16-5-7-26(8-6-16)20(30)19-24-21-23-14(3)9-15(4)28(21)25-19/h9-10,12-13,16H,5-8,11H2,1-4H3. The number of hydrogen-bond donors (Lipinski definition) is 0. The number of carbonyl (C=O) groups excluding carboxylic acids is 1. The molecule has 0 spiro atoms. The molecule has 0 atom stereocenters. The lowest BCUT2D eigenvalue weighted by Crippen LogP contribution is -2.40. The van der Waals surface area contributed by atoms with Gasteiger partial charge >= 0.3 is 0 Å². The molecule has 158 valence electrons. The van der Waals surface area contributed by atoms with E-state index in [2.05, 4.69) is 20.1 Å². The van der Waals surface area contributed by atoms with E-state index in [-0.39, 0.29) is 23.2 Å². The van der Waals surface area contributed by atoms with E-state index in [0.717, 1.165) is 29.9 Å². The lowest BCUT2D eigenvalue weighted by atomic mass is 9.96. The highest BCUT2D eigenvalue weighted by molar-refractivity contribution is 5.90. The molecule has 1 fully saturated rings. The molecule has 3 aromatic rings. The molecule has 9 heteroatoms. The second-order valence-corrected chi connectivity index (χ2v) is 8.38. The zero-order chi connectivity index (χ0) is 21.4. The van der Waals surface area contributed by atoms with Crippen molar-refractivity contribution in [3.63, 3.8) is 0 Å². The molecule has 3 aromatic heterocycles. The van der Waals surface area contributed by atoms with Crippen LogP contribution in [0.5, 0.6) is 0 Å². The van der Waals surface area contributed by atoms with E-state index in [1.807, 2.05) is 33.8 Å². The van der Waals surface area contributed by atoms with Gasteiger partial charge in [-0.25, -0.2) is 14.5 Å². The third-order valence-corrected chi connectivity index (χ3v) is 5.66. The summed E-state index contributed by atoms with van der Waals surface area (Å²) >= 11 is 0. The summed E-state index contributed by atoms with van der Waals surface area (Å²) in [5.41, 5.74) is 2.54. The van der Waals surface area contributed by atoms with Gasteiger partial charge in [-0.1, -0.05) is 13.8 Å². The molecule has 0 radical (unpaired) electrons. The normalized spacial score (nSPS) is 15.3. The number of aryl methyl sites for hydroxylation is 2. The molecule has 9 nitrogen and oxygen atoms in total. The zero-order valence-corrected chi connectivity index (χ0v) is 17.9. The minimum Gasteiger partial charge on any atom is -0.336 e. The lowest BCUT2D eigenvalue weighted by Gasteiger charge is -2.31. The van der Waals surface area contributed by atoms with Crippen LogP contribution in [0.2, 0.25) is 0 Å². The SMILES string of the molecule is Cc1cc(C)n2nc(C(=O)N3CCC(Cn4cnc(C(C)C)cc4=O)CC3)nc2n1. The topological polar surface area (TPSA) is 98.3 Å². The van der Waals surface area contributed by atoms with E-state index in [4.69, 9.17) is 0 Å². The van der Waals surface area contributed by atoms with Crippen molar-refractivity contribution in [1.29, 1.82) is 0 Å². The van der Waals surface area contributed by atoms with Crippen molar-refractivity contribution >= 4 is 11.7 Å². The Morgan fingerprint density at radius 3 is 2.57 bits per heavy atom. The van der Waals surface area contributed by atoms with E-state index >= 15 is 0 Å². The Morgan fingerprint density at radius 2 is 1.90 bits per heavy atom. The summed E-state index contributed by atoms with van der Waals surface area (Å²) < 4.78 is 3.28. The van der Waals surface area contributed by atoms with Gasteiger partial charge in [0.05, 0.1) is 12.0 Å². The predicted molar refractivity (Wildman–Crippen MR) is 111 cm³/mol. The first kappa shape index (κ1) is 20.2. The Labute approximate surface area is 174 Å². The number of piperidine rings is 1. The molecule has 1 aliphatic rings. The van der Waals surface area contributed by atoms with E-state index in [1.54, 1.807) is 26.4 Å². The second kappa shape index (κ2) is 7.97. The summed E-state index contributed by atoms with van der Waals surface area (Å²) in [6, 6.07) is 3.53. The van der Waals surface area contributed by atoms with Crippen molar-refractivity contribution in [3.05, 3.63) is 51.7 Å². The molecular formula is C21H27N7O2. The summed E-state index contributed by atoms with van der Waals surface area (Å²) in [5.74, 6) is 1.02. The number of amides is 1. The third-order valence-electron chi connectivity index (χ3n) is 5.66. The van der Waals surface area contributed by atoms with Gasteiger partial charge in [-0.05, 0) is 44.6 Å². The predicted octanol–water partition coefficient (Wildman–Crippen LogP) is 1.97. The monoisotopic (exact) mass is 409 g/mol. The quantitative estimate of drug-likeness (QED) is 0.653. The Kier molecular flexibility index (Phi) is 5.36. The summed E-state index contributed by atoms with van der Waals surface area (Å²) in [7, 11) is 0. The fraction of sp³-hybridized carbons (Fsp3) is 0.524. The van der Waals surface area contributed by atoms with Crippen molar-refractivity contribution < 1.29 is 4.79 Å². The van der Waals surface area contributed by atoms with Crippen LogP contribution < -0.4 is 5.56 Å². The Morgan fingerprint density at radius 1 is 1.17 bits per heavy atom. The van der Waals surface area contributed by atoms with Crippen molar-refractivity contribution in [3.8, 4) is 0 Å². The average Bonchev–Trinajstić information content (AvgIpc) is 3.14. The maximum absolute atomic E-state index is 12.9. The molecule has 1 aliphatic heterocycles. The minimum absolute atomic E-state index is 0.0146. The number of nitrogens with zero attached hydrogens (tertiary/aromatic N) is 7. The largest absolute Gasteiger partial charge is 0.336 e. The van der Waals surface area contributed by atoms with Crippen molar-refractivity contribution in [2.75, 3.05) is 13.1 Å². The first-order chi connectivity index (χ1) is 14.3. The van der Waals surface area contributed by atoms with Gasteiger partial charge in [0.15, 0.2) is 0 Å². The lowest BCUT2D eigenvalue weighted by molar-refractivity contribution is 0.0670. The van der Waals surface area contributed by atoms with E-state index in [9.17, 15) is 9.59 Å². The minimum atomic E-state index is -0.170. The zero-order valence-electron chi connectivity index (χ0n) is 17.9. The molecular weight excluding hydrogens is 382 g/mol. The summed E-state index contributed by atoms with van der Waals surface area (Å²) in [4.78, 5) is 40.1. The highest BCUT2D eigenvalue weighted by Crippen LogP contribution is 2.20. The van der Waals surface area contributed by atoms with Gasteiger partial charge in [-0.15, -0.1) is 5.10 Å². The molecule has 1 saturated heterocycles. The average molecular weight is 409 g/mol. The van der Waals surface area contributed by atoms with Gasteiger partial charge in [0.25, 0.3) is 17.2 Å². The van der Waals surface area contributed by atoms with Crippen LogP contribution in [-0.2, 0) is 6.54 Å². The van der Waals surface area contributed by atoms with Gasteiger partial charge in [-0.3, -0.25) is 14.2 Å². The van der Waals surface area contributed by atoms with Gasteiger partial charge < -0.3 is 4.90 Å². The Balaban J connectivity index is 1.40. The molecule has 0 aliphatic carbocycles. The van der Waals surface area contributed by atoms with Gasteiger partial charge in [0.2, 0.25) is 5.82 Å². The molecule has 1 amide bonds.